The molecule has 1 atom stereocenters. The monoisotopic (exact) mass is 508 g/mol. The van der Waals surface area contributed by atoms with Gasteiger partial charge in [0.15, 0.2) is 0 Å². The summed E-state index contributed by atoms with van der Waals surface area (Å²) < 4.78 is 0. The molecule has 0 aliphatic rings. The molecule has 3 aromatic carbocycles. The number of hydrogen-bond acceptors (Lipinski definition) is 3. The van der Waals surface area contributed by atoms with E-state index in [-0.39, 0.29) is 30.2 Å². The van der Waals surface area contributed by atoms with Gasteiger partial charge in [-0.15, -0.1) is 11.8 Å². The predicted molar refractivity (Wildman–Crippen MR) is 147 cm³/mol. The number of carbonyl (C=O) groups is 2. The SMILES string of the molecule is Cc1ccccc1CSCC(=O)N(Cc1ccccc1Cl)[C@@H](Cc1ccccc1)C(=O)NC(C)C. The Kier molecular flexibility index (Phi) is 10.2. The molecule has 0 saturated carbocycles. The van der Waals surface area contributed by atoms with Gasteiger partial charge < -0.3 is 10.2 Å². The number of amides is 2. The standard InChI is InChI=1S/C29H33ClN2O2S/c1-21(2)31-29(34)27(17-23-12-5-4-6-13-23)32(18-24-14-9-10-16-26(24)30)28(33)20-35-19-25-15-8-7-11-22(25)3/h4-16,21,27H,17-20H2,1-3H3,(H,31,34)/t27-/m0/s1. The van der Waals surface area contributed by atoms with Crippen LogP contribution in [0.4, 0.5) is 0 Å². The smallest absolute Gasteiger partial charge is 0.243 e. The van der Waals surface area contributed by atoms with E-state index in [1.54, 1.807) is 16.7 Å². The van der Waals surface area contributed by atoms with Crippen molar-refractivity contribution >= 4 is 35.2 Å². The van der Waals surface area contributed by atoms with Crippen molar-refractivity contribution in [2.75, 3.05) is 5.75 Å². The van der Waals surface area contributed by atoms with Gasteiger partial charge in [0.2, 0.25) is 11.8 Å². The van der Waals surface area contributed by atoms with Crippen LogP contribution in [0.5, 0.6) is 0 Å². The molecular weight excluding hydrogens is 476 g/mol. The van der Waals surface area contributed by atoms with Crippen LogP contribution in [0.3, 0.4) is 0 Å². The highest BCUT2D eigenvalue weighted by Crippen LogP contribution is 2.22. The molecule has 2 amide bonds. The van der Waals surface area contributed by atoms with E-state index in [2.05, 4.69) is 24.4 Å². The third kappa shape index (κ3) is 8.15. The molecule has 3 aromatic rings. The molecule has 0 radical (unpaired) electrons. The van der Waals surface area contributed by atoms with Gasteiger partial charge in [0.25, 0.3) is 0 Å². The van der Waals surface area contributed by atoms with Crippen molar-refractivity contribution < 1.29 is 9.59 Å². The van der Waals surface area contributed by atoms with Gasteiger partial charge in [0, 0.05) is 29.8 Å². The quantitative estimate of drug-likeness (QED) is 0.343. The summed E-state index contributed by atoms with van der Waals surface area (Å²) in [7, 11) is 0. The van der Waals surface area contributed by atoms with Crippen LogP contribution < -0.4 is 5.32 Å². The summed E-state index contributed by atoms with van der Waals surface area (Å²) in [4.78, 5) is 28.7. The molecule has 0 spiro atoms. The lowest BCUT2D eigenvalue weighted by molar-refractivity contribution is -0.139. The number of rotatable bonds is 11. The Morgan fingerprint density at radius 1 is 0.914 bits per heavy atom. The van der Waals surface area contributed by atoms with Crippen molar-refractivity contribution in [3.05, 3.63) is 106 Å². The molecule has 0 fully saturated rings. The van der Waals surface area contributed by atoms with Crippen LogP contribution in [0.25, 0.3) is 0 Å². The number of nitrogens with zero attached hydrogens (tertiary/aromatic N) is 1. The highest BCUT2D eigenvalue weighted by molar-refractivity contribution is 7.99. The third-order valence-corrected chi connectivity index (χ3v) is 7.08. The molecule has 0 heterocycles. The second-order valence-electron chi connectivity index (χ2n) is 8.90. The first-order valence-corrected chi connectivity index (χ1v) is 13.4. The van der Waals surface area contributed by atoms with Gasteiger partial charge >= 0.3 is 0 Å². The second-order valence-corrected chi connectivity index (χ2v) is 10.3. The van der Waals surface area contributed by atoms with Gasteiger partial charge in [0.1, 0.15) is 6.04 Å². The Bertz CT molecular complexity index is 1120. The molecule has 0 aliphatic heterocycles. The van der Waals surface area contributed by atoms with Gasteiger partial charge in [-0.3, -0.25) is 9.59 Å². The number of thioether (sulfide) groups is 1. The minimum absolute atomic E-state index is 0.0338. The van der Waals surface area contributed by atoms with Crippen molar-refractivity contribution in [1.82, 2.24) is 10.2 Å². The summed E-state index contributed by atoms with van der Waals surface area (Å²) in [6.45, 7) is 6.20. The van der Waals surface area contributed by atoms with Crippen molar-refractivity contribution in [1.29, 1.82) is 0 Å². The van der Waals surface area contributed by atoms with Crippen LogP contribution in [0.2, 0.25) is 5.02 Å². The van der Waals surface area contributed by atoms with Crippen molar-refractivity contribution in [2.45, 2.75) is 51.6 Å². The van der Waals surface area contributed by atoms with E-state index in [1.807, 2.05) is 80.6 Å². The molecule has 0 aromatic heterocycles. The maximum Gasteiger partial charge on any atom is 0.243 e. The summed E-state index contributed by atoms with van der Waals surface area (Å²) in [6.07, 6.45) is 0.429. The lowest BCUT2D eigenvalue weighted by Crippen LogP contribution is -2.52. The molecule has 0 saturated heterocycles. The Morgan fingerprint density at radius 3 is 2.20 bits per heavy atom. The molecule has 6 heteroatoms. The minimum Gasteiger partial charge on any atom is -0.352 e. The number of halogens is 1. The van der Waals surface area contributed by atoms with E-state index in [1.165, 1.54) is 11.1 Å². The van der Waals surface area contributed by atoms with E-state index in [9.17, 15) is 9.59 Å². The van der Waals surface area contributed by atoms with Crippen LogP contribution in [-0.4, -0.2) is 34.6 Å². The van der Waals surface area contributed by atoms with E-state index < -0.39 is 6.04 Å². The Hall–Kier alpha value is -2.76. The van der Waals surface area contributed by atoms with E-state index >= 15 is 0 Å². The lowest BCUT2D eigenvalue weighted by atomic mass is 10.0. The molecule has 35 heavy (non-hydrogen) atoms. The maximum atomic E-state index is 13.6. The Morgan fingerprint density at radius 2 is 1.54 bits per heavy atom. The Balaban J connectivity index is 1.86. The molecule has 4 nitrogen and oxygen atoms in total. The average molecular weight is 509 g/mol. The lowest BCUT2D eigenvalue weighted by Gasteiger charge is -2.32. The number of carbonyl (C=O) groups excluding carboxylic acids is 2. The topological polar surface area (TPSA) is 49.4 Å². The average Bonchev–Trinajstić information content (AvgIpc) is 2.83. The maximum absolute atomic E-state index is 13.6. The fourth-order valence-electron chi connectivity index (χ4n) is 3.85. The van der Waals surface area contributed by atoms with Gasteiger partial charge in [-0.1, -0.05) is 84.4 Å². The van der Waals surface area contributed by atoms with Crippen LogP contribution in [-0.2, 0) is 28.3 Å². The molecule has 0 unspecified atom stereocenters. The fraction of sp³-hybridized carbons (Fsp3) is 0.310. The first kappa shape index (κ1) is 26.8. The van der Waals surface area contributed by atoms with Crippen LogP contribution >= 0.6 is 23.4 Å². The highest BCUT2D eigenvalue weighted by Gasteiger charge is 2.31. The predicted octanol–water partition coefficient (Wildman–Crippen LogP) is 6.05. The zero-order chi connectivity index (χ0) is 25.2. The van der Waals surface area contributed by atoms with Gasteiger partial charge in [-0.2, -0.15) is 0 Å². The van der Waals surface area contributed by atoms with Crippen molar-refractivity contribution in [3.63, 3.8) is 0 Å². The van der Waals surface area contributed by atoms with Gasteiger partial charge in [-0.25, -0.2) is 0 Å². The first-order valence-electron chi connectivity index (χ1n) is 11.8. The Labute approximate surface area is 218 Å². The minimum atomic E-state index is -0.650. The first-order chi connectivity index (χ1) is 16.8. The molecule has 3 rings (SSSR count). The van der Waals surface area contributed by atoms with Crippen molar-refractivity contribution in [2.24, 2.45) is 0 Å². The molecule has 184 valence electrons. The zero-order valence-corrected chi connectivity index (χ0v) is 22.1. The van der Waals surface area contributed by atoms with E-state index in [0.29, 0.717) is 11.4 Å². The third-order valence-electron chi connectivity index (χ3n) is 5.74. The van der Waals surface area contributed by atoms with Crippen LogP contribution in [0.1, 0.15) is 36.1 Å². The summed E-state index contributed by atoms with van der Waals surface area (Å²) in [5.74, 6) is 0.773. The second kappa shape index (κ2) is 13.4. The molecular formula is C29H33ClN2O2S. The largest absolute Gasteiger partial charge is 0.352 e. The fourth-order valence-corrected chi connectivity index (χ4v) is 5.03. The van der Waals surface area contributed by atoms with Gasteiger partial charge in [0.05, 0.1) is 5.75 Å². The molecule has 0 bridgehead atoms. The summed E-state index contributed by atoms with van der Waals surface area (Å²) >= 11 is 8.02. The van der Waals surface area contributed by atoms with Crippen LogP contribution in [0, 0.1) is 6.92 Å². The van der Waals surface area contributed by atoms with E-state index in [4.69, 9.17) is 11.6 Å². The molecule has 0 aliphatic carbocycles. The summed E-state index contributed by atoms with van der Waals surface area (Å²) in [5, 5.41) is 3.60. The zero-order valence-electron chi connectivity index (χ0n) is 20.5. The van der Waals surface area contributed by atoms with E-state index in [0.717, 1.165) is 16.9 Å². The summed E-state index contributed by atoms with van der Waals surface area (Å²) in [6, 6.07) is 24.8. The normalized spacial score (nSPS) is 11.8. The van der Waals surface area contributed by atoms with Gasteiger partial charge in [-0.05, 0) is 49.1 Å². The number of hydrogen-bond donors (Lipinski definition) is 1. The number of benzene rings is 3. The highest BCUT2D eigenvalue weighted by atomic mass is 35.5. The number of aryl methyl sites for hydroxylation is 1. The number of nitrogens with one attached hydrogen (secondary N) is 1. The van der Waals surface area contributed by atoms with Crippen molar-refractivity contribution in [3.8, 4) is 0 Å². The van der Waals surface area contributed by atoms with Crippen LogP contribution in [0.15, 0.2) is 78.9 Å². The molecule has 1 N–H and O–H groups in total. The summed E-state index contributed by atoms with van der Waals surface area (Å²) in [5.41, 5.74) is 4.24.